The van der Waals surface area contributed by atoms with Crippen molar-refractivity contribution in [1.82, 2.24) is 4.98 Å². The lowest BCUT2D eigenvalue weighted by Gasteiger charge is -2.10. The average Bonchev–Trinajstić information content (AvgIpc) is 2.38. The van der Waals surface area contributed by atoms with Crippen molar-refractivity contribution in [3.63, 3.8) is 0 Å². The van der Waals surface area contributed by atoms with Crippen LogP contribution in [0, 0.1) is 0 Å². The number of halogens is 4. The van der Waals surface area contributed by atoms with Crippen LogP contribution in [0.4, 0.5) is 13.2 Å². The first-order valence-electron chi connectivity index (χ1n) is 5.88. The van der Waals surface area contributed by atoms with Crippen LogP contribution in [0.2, 0.25) is 5.15 Å². The van der Waals surface area contributed by atoms with Crippen LogP contribution in [0.15, 0.2) is 36.4 Å². The molecule has 0 radical (unpaired) electrons. The Morgan fingerprint density at radius 1 is 1.20 bits per heavy atom. The van der Waals surface area contributed by atoms with Crippen LogP contribution in [-0.2, 0) is 6.18 Å². The first kappa shape index (κ1) is 14.7. The van der Waals surface area contributed by atoms with Crippen molar-refractivity contribution in [2.75, 3.05) is 6.61 Å². The minimum atomic E-state index is -4.46. The van der Waals surface area contributed by atoms with Crippen molar-refractivity contribution in [1.29, 1.82) is 0 Å². The lowest BCUT2D eigenvalue weighted by molar-refractivity contribution is -0.137. The monoisotopic (exact) mass is 301 g/mol. The number of alkyl halides is 3. The van der Waals surface area contributed by atoms with Crippen molar-refractivity contribution in [3.05, 3.63) is 47.1 Å². The number of pyridine rings is 1. The molecule has 0 unspecified atom stereocenters. The zero-order valence-corrected chi connectivity index (χ0v) is 11.3. The third kappa shape index (κ3) is 3.42. The second-order valence-corrected chi connectivity index (χ2v) is 4.41. The van der Waals surface area contributed by atoms with E-state index in [1.165, 1.54) is 0 Å². The average molecular weight is 302 g/mol. The second kappa shape index (κ2) is 5.71. The molecule has 0 spiro atoms. The largest absolute Gasteiger partial charge is 0.494 e. The molecule has 0 N–H and O–H groups in total. The van der Waals surface area contributed by atoms with Gasteiger partial charge in [0.05, 0.1) is 17.9 Å². The van der Waals surface area contributed by atoms with Crippen molar-refractivity contribution >= 4 is 11.6 Å². The maximum absolute atomic E-state index is 12.8. The van der Waals surface area contributed by atoms with Crippen molar-refractivity contribution in [3.8, 4) is 17.0 Å². The summed E-state index contributed by atoms with van der Waals surface area (Å²) < 4.78 is 43.6. The normalized spacial score (nSPS) is 11.4. The molecular weight excluding hydrogens is 291 g/mol. The Bertz CT molecular complexity index is 614. The molecular formula is C14H11ClF3NO. The van der Waals surface area contributed by atoms with Gasteiger partial charge in [0, 0.05) is 5.56 Å². The Labute approximate surface area is 119 Å². The number of benzene rings is 1. The van der Waals surface area contributed by atoms with E-state index in [-0.39, 0.29) is 10.8 Å². The van der Waals surface area contributed by atoms with Crippen LogP contribution < -0.4 is 4.74 Å². The quantitative estimate of drug-likeness (QED) is 0.758. The van der Waals surface area contributed by atoms with Crippen molar-refractivity contribution in [2.24, 2.45) is 0 Å². The standard InChI is InChI=1S/C14H11ClF3NO/c1-2-20-11-5-3-4-9(6-11)12-7-10(14(16,17)18)8-13(15)19-12/h3-8H,2H2,1H3. The second-order valence-electron chi connectivity index (χ2n) is 4.02. The van der Waals surface area contributed by atoms with Crippen LogP contribution in [0.3, 0.4) is 0 Å². The predicted octanol–water partition coefficient (Wildman–Crippen LogP) is 4.82. The fraction of sp³-hybridized carbons (Fsp3) is 0.214. The molecule has 2 nitrogen and oxygen atoms in total. The molecule has 2 aromatic rings. The highest BCUT2D eigenvalue weighted by Gasteiger charge is 2.31. The van der Waals surface area contributed by atoms with Crippen LogP contribution in [0.1, 0.15) is 12.5 Å². The number of ether oxygens (including phenoxy) is 1. The number of aromatic nitrogens is 1. The first-order chi connectivity index (χ1) is 9.40. The molecule has 1 aromatic carbocycles. The van der Waals surface area contributed by atoms with Gasteiger partial charge in [-0.3, -0.25) is 0 Å². The Morgan fingerprint density at radius 2 is 1.95 bits per heavy atom. The number of nitrogens with zero attached hydrogens (tertiary/aromatic N) is 1. The Hall–Kier alpha value is -1.75. The summed E-state index contributed by atoms with van der Waals surface area (Å²) in [5.74, 6) is 0.570. The zero-order chi connectivity index (χ0) is 14.8. The van der Waals surface area contributed by atoms with E-state index in [0.717, 1.165) is 12.1 Å². The summed E-state index contributed by atoms with van der Waals surface area (Å²) in [6, 6.07) is 8.47. The van der Waals surface area contributed by atoms with E-state index in [9.17, 15) is 13.2 Å². The van der Waals surface area contributed by atoms with Gasteiger partial charge in [0.2, 0.25) is 0 Å². The first-order valence-corrected chi connectivity index (χ1v) is 6.26. The lowest BCUT2D eigenvalue weighted by atomic mass is 10.1. The summed E-state index contributed by atoms with van der Waals surface area (Å²) in [6.45, 7) is 2.30. The van der Waals surface area contributed by atoms with Gasteiger partial charge in [-0.25, -0.2) is 4.98 Å². The molecule has 0 amide bonds. The minimum absolute atomic E-state index is 0.159. The lowest BCUT2D eigenvalue weighted by Crippen LogP contribution is -2.05. The molecule has 20 heavy (non-hydrogen) atoms. The van der Waals surface area contributed by atoms with Crippen LogP contribution in [0.25, 0.3) is 11.3 Å². The summed E-state index contributed by atoms with van der Waals surface area (Å²) in [5, 5.41) is -0.198. The molecule has 0 atom stereocenters. The molecule has 1 heterocycles. The number of rotatable bonds is 3. The molecule has 0 saturated carbocycles. The summed E-state index contributed by atoms with van der Waals surface area (Å²) in [6.07, 6.45) is -4.46. The summed E-state index contributed by atoms with van der Waals surface area (Å²) in [4.78, 5) is 3.93. The van der Waals surface area contributed by atoms with Gasteiger partial charge in [-0.2, -0.15) is 13.2 Å². The Balaban J connectivity index is 2.47. The maximum Gasteiger partial charge on any atom is 0.416 e. The van der Waals surface area contributed by atoms with E-state index in [0.29, 0.717) is 17.9 Å². The zero-order valence-electron chi connectivity index (χ0n) is 10.5. The number of hydrogen-bond donors (Lipinski definition) is 0. The van der Waals surface area contributed by atoms with E-state index in [1.807, 2.05) is 6.92 Å². The van der Waals surface area contributed by atoms with Crippen LogP contribution >= 0.6 is 11.6 Å². The third-order valence-corrected chi connectivity index (χ3v) is 2.76. The van der Waals surface area contributed by atoms with E-state index < -0.39 is 11.7 Å². The molecule has 0 aliphatic heterocycles. The fourth-order valence-corrected chi connectivity index (χ4v) is 1.93. The highest BCUT2D eigenvalue weighted by Crippen LogP contribution is 2.33. The molecule has 6 heteroatoms. The Morgan fingerprint density at radius 3 is 2.60 bits per heavy atom. The van der Waals surface area contributed by atoms with Gasteiger partial charge in [-0.1, -0.05) is 23.7 Å². The van der Waals surface area contributed by atoms with Crippen LogP contribution in [0.5, 0.6) is 5.75 Å². The molecule has 106 valence electrons. The maximum atomic E-state index is 12.8. The fourth-order valence-electron chi connectivity index (χ4n) is 1.72. The summed E-state index contributed by atoms with van der Waals surface area (Å²) >= 11 is 5.66. The van der Waals surface area contributed by atoms with Gasteiger partial charge in [0.15, 0.2) is 0 Å². The highest BCUT2D eigenvalue weighted by atomic mass is 35.5. The third-order valence-electron chi connectivity index (χ3n) is 2.56. The van der Waals surface area contributed by atoms with E-state index in [2.05, 4.69) is 4.98 Å². The van der Waals surface area contributed by atoms with Gasteiger partial charge < -0.3 is 4.74 Å². The van der Waals surface area contributed by atoms with Gasteiger partial charge >= 0.3 is 6.18 Å². The molecule has 0 fully saturated rings. The topological polar surface area (TPSA) is 22.1 Å². The molecule has 0 aliphatic carbocycles. The van der Waals surface area contributed by atoms with E-state index >= 15 is 0 Å². The molecule has 2 rings (SSSR count). The van der Waals surface area contributed by atoms with Crippen molar-refractivity contribution in [2.45, 2.75) is 13.1 Å². The minimum Gasteiger partial charge on any atom is -0.494 e. The molecule has 0 bridgehead atoms. The van der Waals surface area contributed by atoms with E-state index in [4.69, 9.17) is 16.3 Å². The van der Waals surface area contributed by atoms with E-state index in [1.54, 1.807) is 24.3 Å². The predicted molar refractivity (Wildman–Crippen MR) is 70.9 cm³/mol. The molecule has 0 saturated heterocycles. The van der Waals surface area contributed by atoms with Crippen LogP contribution in [-0.4, -0.2) is 11.6 Å². The van der Waals surface area contributed by atoms with Gasteiger partial charge in [-0.15, -0.1) is 0 Å². The molecule has 1 aromatic heterocycles. The smallest absolute Gasteiger partial charge is 0.416 e. The number of hydrogen-bond acceptors (Lipinski definition) is 2. The highest BCUT2D eigenvalue weighted by molar-refractivity contribution is 6.29. The van der Waals surface area contributed by atoms with Crippen molar-refractivity contribution < 1.29 is 17.9 Å². The Kier molecular flexibility index (Phi) is 4.18. The van der Waals surface area contributed by atoms with Gasteiger partial charge in [0.25, 0.3) is 0 Å². The van der Waals surface area contributed by atoms with Gasteiger partial charge in [0.1, 0.15) is 10.9 Å². The van der Waals surface area contributed by atoms with Gasteiger partial charge in [-0.05, 0) is 31.2 Å². The summed E-state index contributed by atoms with van der Waals surface area (Å²) in [5.41, 5.74) is -0.148. The molecule has 0 aliphatic rings. The SMILES string of the molecule is CCOc1cccc(-c2cc(C(F)(F)F)cc(Cl)n2)c1. The summed E-state index contributed by atoms with van der Waals surface area (Å²) in [7, 11) is 0.